The van der Waals surface area contributed by atoms with Gasteiger partial charge in [-0.1, -0.05) is 41.7 Å². The number of thiazole rings is 1. The van der Waals surface area contributed by atoms with Crippen molar-refractivity contribution >= 4 is 38.7 Å². The predicted octanol–water partition coefficient (Wildman–Crippen LogP) is 5.22. The zero-order valence-corrected chi connectivity index (χ0v) is 18.5. The fourth-order valence-corrected chi connectivity index (χ4v) is 3.92. The van der Waals surface area contributed by atoms with Gasteiger partial charge >= 0.3 is 12.5 Å². The van der Waals surface area contributed by atoms with Gasteiger partial charge in [-0.15, -0.1) is 13.2 Å². The Labute approximate surface area is 192 Å². The van der Waals surface area contributed by atoms with E-state index in [0.717, 1.165) is 23.0 Å². The fourth-order valence-electron chi connectivity index (χ4n) is 3.04. The van der Waals surface area contributed by atoms with Crippen LogP contribution in [0.4, 0.5) is 23.1 Å². The summed E-state index contributed by atoms with van der Waals surface area (Å²) < 4.78 is 46.5. The minimum atomic E-state index is -4.79. The monoisotopic (exact) mass is 481 g/mol. The van der Waals surface area contributed by atoms with E-state index in [-0.39, 0.29) is 29.9 Å². The molecule has 0 saturated carbocycles. The molecule has 1 aromatic heterocycles. The smallest absolute Gasteiger partial charge is 0.447 e. The van der Waals surface area contributed by atoms with Crippen molar-refractivity contribution in [2.24, 2.45) is 0 Å². The Bertz CT molecular complexity index is 1090. The number of ether oxygens (including phenoxy) is 2. The molecule has 0 radical (unpaired) electrons. The lowest BCUT2D eigenvalue weighted by molar-refractivity contribution is -0.274. The van der Waals surface area contributed by atoms with Crippen molar-refractivity contribution in [3.63, 3.8) is 0 Å². The largest absolute Gasteiger partial charge is 0.573 e. The number of carbonyl (C=O) groups excluding carboxylic acids is 2. The molecule has 33 heavy (non-hydrogen) atoms. The first-order chi connectivity index (χ1) is 15.7. The van der Waals surface area contributed by atoms with Crippen molar-refractivity contribution in [1.29, 1.82) is 0 Å². The van der Waals surface area contributed by atoms with E-state index in [1.54, 1.807) is 4.90 Å². The van der Waals surface area contributed by atoms with Crippen LogP contribution in [0.3, 0.4) is 0 Å². The number of benzene rings is 2. The van der Waals surface area contributed by atoms with E-state index in [1.165, 1.54) is 12.1 Å². The minimum absolute atomic E-state index is 0.00871. The summed E-state index contributed by atoms with van der Waals surface area (Å²) in [6.07, 6.45) is -4.58. The average Bonchev–Trinajstić information content (AvgIpc) is 3.16. The van der Waals surface area contributed by atoms with Crippen molar-refractivity contribution in [2.75, 3.05) is 25.0 Å². The molecule has 0 aliphatic heterocycles. The molecule has 2 amide bonds. The molecule has 1 heterocycles. The van der Waals surface area contributed by atoms with Crippen molar-refractivity contribution in [3.8, 4) is 5.75 Å². The third kappa shape index (κ3) is 7.63. The van der Waals surface area contributed by atoms with Crippen molar-refractivity contribution in [3.05, 3.63) is 54.1 Å². The molecule has 0 unspecified atom stereocenters. The number of nitrogens with zero attached hydrogens (tertiary/aromatic N) is 2. The van der Waals surface area contributed by atoms with Gasteiger partial charge in [0, 0.05) is 19.0 Å². The SMILES string of the molecule is CCN(CCOC(=O)Nc1nc2ccc(OC(F)(F)F)cc2s1)C(=O)CCc1ccccc1. The van der Waals surface area contributed by atoms with Gasteiger partial charge in [0.1, 0.15) is 12.4 Å². The van der Waals surface area contributed by atoms with Crippen LogP contribution in [0.2, 0.25) is 0 Å². The fraction of sp³-hybridized carbons (Fsp3) is 0.318. The lowest BCUT2D eigenvalue weighted by atomic mass is 10.1. The number of anilines is 1. The molecule has 0 aliphatic carbocycles. The van der Waals surface area contributed by atoms with Gasteiger partial charge in [0.2, 0.25) is 5.91 Å². The Morgan fingerprint density at radius 2 is 1.91 bits per heavy atom. The van der Waals surface area contributed by atoms with E-state index in [1.807, 2.05) is 37.3 Å². The number of aromatic nitrogens is 1. The average molecular weight is 481 g/mol. The van der Waals surface area contributed by atoms with E-state index in [0.29, 0.717) is 29.6 Å². The summed E-state index contributed by atoms with van der Waals surface area (Å²) in [4.78, 5) is 30.2. The zero-order valence-electron chi connectivity index (χ0n) is 17.7. The number of amides is 2. The van der Waals surface area contributed by atoms with Crippen molar-refractivity contribution < 1.29 is 32.2 Å². The van der Waals surface area contributed by atoms with Crippen molar-refractivity contribution in [2.45, 2.75) is 26.1 Å². The van der Waals surface area contributed by atoms with Crippen LogP contribution >= 0.6 is 11.3 Å². The van der Waals surface area contributed by atoms with Gasteiger partial charge < -0.3 is 14.4 Å². The second-order valence-electron chi connectivity index (χ2n) is 6.92. The van der Waals surface area contributed by atoms with E-state index in [2.05, 4.69) is 15.0 Å². The van der Waals surface area contributed by atoms with Gasteiger partial charge in [0.05, 0.1) is 16.8 Å². The van der Waals surface area contributed by atoms with E-state index < -0.39 is 12.5 Å². The van der Waals surface area contributed by atoms with Gasteiger partial charge in [-0.05, 0) is 31.0 Å². The Hall–Kier alpha value is -3.34. The summed E-state index contributed by atoms with van der Waals surface area (Å²) in [6.45, 7) is 2.57. The van der Waals surface area contributed by atoms with Crippen LogP contribution in [-0.2, 0) is 16.0 Å². The maximum Gasteiger partial charge on any atom is 0.573 e. The maximum atomic E-state index is 12.4. The highest BCUT2D eigenvalue weighted by Gasteiger charge is 2.31. The molecule has 0 spiro atoms. The molecule has 0 atom stereocenters. The molecule has 0 bridgehead atoms. The molecule has 0 fully saturated rings. The first-order valence-corrected chi connectivity index (χ1v) is 11.0. The lowest BCUT2D eigenvalue weighted by Gasteiger charge is -2.20. The number of alkyl halides is 3. The number of hydrogen-bond acceptors (Lipinski definition) is 6. The summed E-state index contributed by atoms with van der Waals surface area (Å²) in [5, 5.41) is 2.62. The number of carbonyl (C=O) groups is 2. The highest BCUT2D eigenvalue weighted by Crippen LogP contribution is 2.31. The number of likely N-dealkylation sites (N-methyl/N-ethyl adjacent to an activating group) is 1. The van der Waals surface area contributed by atoms with Crippen LogP contribution in [0, 0.1) is 0 Å². The number of fused-ring (bicyclic) bond motifs is 1. The topological polar surface area (TPSA) is 80.8 Å². The summed E-state index contributed by atoms with van der Waals surface area (Å²) in [5.41, 5.74) is 1.48. The summed E-state index contributed by atoms with van der Waals surface area (Å²) in [5.74, 6) is -0.405. The third-order valence-electron chi connectivity index (χ3n) is 4.60. The van der Waals surface area contributed by atoms with Crippen LogP contribution in [0.5, 0.6) is 5.75 Å². The minimum Gasteiger partial charge on any atom is -0.447 e. The predicted molar refractivity (Wildman–Crippen MR) is 118 cm³/mol. The van der Waals surface area contributed by atoms with Crippen LogP contribution in [0.25, 0.3) is 10.2 Å². The maximum absolute atomic E-state index is 12.4. The second kappa shape index (κ2) is 11.0. The normalized spacial score (nSPS) is 11.3. The molecule has 176 valence electrons. The molecule has 7 nitrogen and oxygen atoms in total. The second-order valence-corrected chi connectivity index (χ2v) is 7.95. The zero-order chi connectivity index (χ0) is 23.8. The van der Waals surface area contributed by atoms with E-state index >= 15 is 0 Å². The van der Waals surface area contributed by atoms with Gasteiger partial charge in [0.15, 0.2) is 5.13 Å². The molecule has 0 saturated heterocycles. The number of aryl methyl sites for hydroxylation is 1. The number of hydrogen-bond donors (Lipinski definition) is 1. The van der Waals surface area contributed by atoms with Crippen LogP contribution < -0.4 is 10.1 Å². The Morgan fingerprint density at radius 1 is 1.15 bits per heavy atom. The van der Waals surface area contributed by atoms with Gasteiger partial charge in [-0.2, -0.15) is 0 Å². The standard InChI is InChI=1S/C22H22F3N3O4S/c1-2-28(19(29)11-8-15-6-4-3-5-7-15)12-13-31-21(30)27-20-26-17-10-9-16(14-18(17)33-20)32-22(23,24)25/h3-7,9-10,14H,2,8,11-13H2,1H3,(H,26,27,30). The number of halogens is 3. The summed E-state index contributed by atoms with van der Waals surface area (Å²) in [6, 6.07) is 13.4. The van der Waals surface area contributed by atoms with Gasteiger partial charge in [0.25, 0.3) is 0 Å². The molecule has 3 rings (SSSR count). The lowest BCUT2D eigenvalue weighted by Crippen LogP contribution is -2.34. The van der Waals surface area contributed by atoms with Crippen LogP contribution in [0.1, 0.15) is 18.9 Å². The van der Waals surface area contributed by atoms with Crippen molar-refractivity contribution in [1.82, 2.24) is 9.88 Å². The molecule has 1 N–H and O–H groups in total. The van der Waals surface area contributed by atoms with E-state index in [9.17, 15) is 22.8 Å². The van der Waals surface area contributed by atoms with E-state index in [4.69, 9.17) is 4.74 Å². The van der Waals surface area contributed by atoms with Crippen LogP contribution in [-0.4, -0.2) is 47.9 Å². The quantitative estimate of drug-likeness (QED) is 0.453. The van der Waals surface area contributed by atoms with Gasteiger partial charge in [-0.25, -0.2) is 9.78 Å². The third-order valence-corrected chi connectivity index (χ3v) is 5.54. The number of rotatable bonds is 9. The first kappa shape index (κ1) is 24.3. The Balaban J connectivity index is 1.46. The first-order valence-electron chi connectivity index (χ1n) is 10.2. The molecule has 0 aliphatic rings. The Morgan fingerprint density at radius 3 is 2.61 bits per heavy atom. The molecule has 2 aromatic carbocycles. The van der Waals surface area contributed by atoms with Crippen LogP contribution in [0.15, 0.2) is 48.5 Å². The molecular weight excluding hydrogens is 459 g/mol. The Kier molecular flexibility index (Phi) is 8.10. The highest BCUT2D eigenvalue weighted by atomic mass is 32.1. The highest BCUT2D eigenvalue weighted by molar-refractivity contribution is 7.22. The molecule has 11 heteroatoms. The summed E-state index contributed by atoms with van der Waals surface area (Å²) >= 11 is 0.984. The van der Waals surface area contributed by atoms with Gasteiger partial charge in [-0.3, -0.25) is 10.1 Å². The molecular formula is C22H22F3N3O4S. The summed E-state index contributed by atoms with van der Waals surface area (Å²) in [7, 11) is 0. The number of nitrogens with one attached hydrogen (secondary N) is 1. The molecule has 3 aromatic rings.